The first-order chi connectivity index (χ1) is 13.3. The van der Waals surface area contributed by atoms with E-state index in [1.807, 2.05) is 83.8 Å². The molecule has 0 aliphatic carbocycles. The van der Waals surface area contributed by atoms with E-state index in [-0.39, 0.29) is 12.1 Å². The Labute approximate surface area is 157 Å². The topological polar surface area (TPSA) is 45.2 Å². The number of benzene rings is 3. The summed E-state index contributed by atoms with van der Waals surface area (Å²) in [5, 5.41) is 4.61. The van der Waals surface area contributed by atoms with Gasteiger partial charge in [0.15, 0.2) is 0 Å². The largest absolute Gasteiger partial charge is 0.360 e. The summed E-state index contributed by atoms with van der Waals surface area (Å²) in [6.45, 7) is 0. The third kappa shape index (κ3) is 2.62. The van der Waals surface area contributed by atoms with E-state index in [1.54, 1.807) is 6.20 Å². The highest BCUT2D eigenvalue weighted by Crippen LogP contribution is 2.37. The van der Waals surface area contributed by atoms with Crippen molar-refractivity contribution in [3.8, 4) is 0 Å². The number of nitrogens with zero attached hydrogens (tertiary/aromatic N) is 2. The van der Waals surface area contributed by atoms with Gasteiger partial charge in [-0.3, -0.25) is 14.7 Å². The number of nitrogens with one attached hydrogen (secondary N) is 1. The number of para-hydroxylation sites is 2. The van der Waals surface area contributed by atoms with Crippen molar-refractivity contribution in [2.45, 2.75) is 6.17 Å². The average Bonchev–Trinajstić information content (AvgIpc) is 2.74. The van der Waals surface area contributed by atoms with E-state index in [0.29, 0.717) is 5.56 Å². The van der Waals surface area contributed by atoms with Crippen molar-refractivity contribution in [3.63, 3.8) is 0 Å². The standard InChI is InChI=1S/C23H17N3O/c27-23-19-10-4-5-11-20(19)25-22(26(23)18-8-2-1-3-9-18)17-13-12-16-7-6-14-24-21(16)15-17/h1-15,22,25H/t22-/m0/s1. The van der Waals surface area contributed by atoms with Crippen LogP contribution in [0.3, 0.4) is 0 Å². The molecule has 130 valence electrons. The fourth-order valence-corrected chi connectivity index (χ4v) is 3.60. The Morgan fingerprint density at radius 3 is 2.56 bits per heavy atom. The molecule has 0 spiro atoms. The Bertz CT molecular complexity index is 1140. The summed E-state index contributed by atoms with van der Waals surface area (Å²) in [5.74, 6) is -0.0123. The van der Waals surface area contributed by atoms with Crippen molar-refractivity contribution in [2.75, 3.05) is 10.2 Å². The zero-order chi connectivity index (χ0) is 18.2. The summed E-state index contributed by atoms with van der Waals surface area (Å²) in [6.07, 6.45) is 1.48. The minimum atomic E-state index is -0.304. The van der Waals surface area contributed by atoms with Gasteiger partial charge in [0.1, 0.15) is 6.17 Å². The van der Waals surface area contributed by atoms with Crippen molar-refractivity contribution >= 4 is 28.2 Å². The molecule has 1 aliphatic heterocycles. The Kier molecular flexibility index (Phi) is 3.61. The zero-order valence-corrected chi connectivity index (χ0v) is 14.5. The van der Waals surface area contributed by atoms with Crippen LogP contribution < -0.4 is 10.2 Å². The van der Waals surface area contributed by atoms with Gasteiger partial charge in [0, 0.05) is 23.0 Å². The fraction of sp³-hybridized carbons (Fsp3) is 0.0435. The number of rotatable bonds is 2. The van der Waals surface area contributed by atoms with Crippen LogP contribution in [0.4, 0.5) is 11.4 Å². The van der Waals surface area contributed by atoms with Gasteiger partial charge in [-0.2, -0.15) is 0 Å². The molecule has 2 heterocycles. The van der Waals surface area contributed by atoms with Crippen LogP contribution >= 0.6 is 0 Å². The molecule has 0 saturated carbocycles. The van der Waals surface area contributed by atoms with Gasteiger partial charge >= 0.3 is 0 Å². The quantitative estimate of drug-likeness (QED) is 0.552. The van der Waals surface area contributed by atoms with Crippen LogP contribution in [-0.2, 0) is 0 Å². The van der Waals surface area contributed by atoms with Crippen LogP contribution in [0.5, 0.6) is 0 Å². The second kappa shape index (κ2) is 6.25. The number of carbonyl (C=O) groups is 1. The molecule has 1 amide bonds. The Morgan fingerprint density at radius 1 is 0.852 bits per heavy atom. The van der Waals surface area contributed by atoms with Crippen LogP contribution in [0, 0.1) is 0 Å². The van der Waals surface area contributed by atoms with E-state index in [4.69, 9.17) is 0 Å². The summed E-state index contributed by atoms with van der Waals surface area (Å²) in [7, 11) is 0. The van der Waals surface area contributed by atoms with E-state index in [1.165, 1.54) is 0 Å². The summed E-state index contributed by atoms with van der Waals surface area (Å²) in [6, 6.07) is 27.5. The maximum absolute atomic E-state index is 13.3. The summed E-state index contributed by atoms with van der Waals surface area (Å²) in [5.41, 5.74) is 4.29. The van der Waals surface area contributed by atoms with Gasteiger partial charge in [-0.15, -0.1) is 0 Å². The number of fused-ring (bicyclic) bond motifs is 2. The van der Waals surface area contributed by atoms with E-state index >= 15 is 0 Å². The smallest absolute Gasteiger partial charge is 0.262 e. The van der Waals surface area contributed by atoms with E-state index in [2.05, 4.69) is 16.4 Å². The third-order valence-electron chi connectivity index (χ3n) is 4.91. The van der Waals surface area contributed by atoms with Crippen molar-refractivity contribution in [1.82, 2.24) is 4.98 Å². The number of pyridine rings is 1. The van der Waals surface area contributed by atoms with Crippen LogP contribution in [0.1, 0.15) is 22.1 Å². The Hall–Kier alpha value is -3.66. The van der Waals surface area contributed by atoms with Gasteiger partial charge < -0.3 is 5.32 Å². The number of hydrogen-bond acceptors (Lipinski definition) is 3. The third-order valence-corrected chi connectivity index (χ3v) is 4.91. The van der Waals surface area contributed by atoms with Gasteiger partial charge in [-0.25, -0.2) is 0 Å². The van der Waals surface area contributed by atoms with Crippen LogP contribution in [0.15, 0.2) is 91.1 Å². The monoisotopic (exact) mass is 351 g/mol. The maximum atomic E-state index is 13.3. The molecule has 1 aliphatic rings. The molecule has 4 aromatic rings. The lowest BCUT2D eigenvalue weighted by molar-refractivity contribution is 0.0975. The lowest BCUT2D eigenvalue weighted by Gasteiger charge is -2.38. The van der Waals surface area contributed by atoms with Gasteiger partial charge in [0.25, 0.3) is 5.91 Å². The molecule has 27 heavy (non-hydrogen) atoms. The molecule has 4 heteroatoms. The predicted molar refractivity (Wildman–Crippen MR) is 108 cm³/mol. The van der Waals surface area contributed by atoms with Gasteiger partial charge in [-0.1, -0.05) is 48.5 Å². The molecule has 0 radical (unpaired) electrons. The predicted octanol–water partition coefficient (Wildman–Crippen LogP) is 5.01. The minimum Gasteiger partial charge on any atom is -0.360 e. The molecule has 1 N–H and O–H groups in total. The lowest BCUT2D eigenvalue weighted by Crippen LogP contribution is -2.43. The second-order valence-corrected chi connectivity index (χ2v) is 6.56. The normalized spacial score (nSPS) is 16.1. The number of carbonyl (C=O) groups excluding carboxylic acids is 1. The highest BCUT2D eigenvalue weighted by Gasteiger charge is 2.33. The maximum Gasteiger partial charge on any atom is 0.262 e. The first-order valence-electron chi connectivity index (χ1n) is 8.90. The summed E-state index contributed by atoms with van der Waals surface area (Å²) in [4.78, 5) is 19.6. The van der Waals surface area contributed by atoms with E-state index < -0.39 is 0 Å². The molecule has 5 rings (SSSR count). The molecule has 3 aromatic carbocycles. The highest BCUT2D eigenvalue weighted by atomic mass is 16.2. The molecule has 1 aromatic heterocycles. The Morgan fingerprint density at radius 2 is 1.67 bits per heavy atom. The van der Waals surface area contributed by atoms with E-state index in [9.17, 15) is 4.79 Å². The van der Waals surface area contributed by atoms with Gasteiger partial charge in [-0.05, 0) is 42.0 Å². The number of amides is 1. The van der Waals surface area contributed by atoms with Crippen molar-refractivity contribution < 1.29 is 4.79 Å². The number of aromatic nitrogens is 1. The average molecular weight is 351 g/mol. The van der Waals surface area contributed by atoms with Crippen molar-refractivity contribution in [2.24, 2.45) is 0 Å². The zero-order valence-electron chi connectivity index (χ0n) is 14.5. The molecule has 0 unspecified atom stereocenters. The van der Waals surface area contributed by atoms with E-state index in [0.717, 1.165) is 27.8 Å². The van der Waals surface area contributed by atoms with Crippen molar-refractivity contribution in [1.29, 1.82) is 0 Å². The highest BCUT2D eigenvalue weighted by molar-refractivity contribution is 6.12. The van der Waals surface area contributed by atoms with Gasteiger partial charge in [0.05, 0.1) is 11.1 Å². The minimum absolute atomic E-state index is 0.0123. The van der Waals surface area contributed by atoms with Crippen LogP contribution in [-0.4, -0.2) is 10.9 Å². The second-order valence-electron chi connectivity index (χ2n) is 6.56. The first-order valence-corrected chi connectivity index (χ1v) is 8.90. The lowest BCUT2D eigenvalue weighted by atomic mass is 10.0. The fourth-order valence-electron chi connectivity index (χ4n) is 3.60. The number of hydrogen-bond donors (Lipinski definition) is 1. The molecule has 0 saturated heterocycles. The van der Waals surface area contributed by atoms with Gasteiger partial charge in [0.2, 0.25) is 0 Å². The Balaban J connectivity index is 1.68. The first kappa shape index (κ1) is 15.6. The molecule has 1 atom stereocenters. The number of anilines is 2. The SMILES string of the molecule is O=C1c2ccccc2N[C@H](c2ccc3cccnc3c2)N1c1ccccc1. The molecular weight excluding hydrogens is 334 g/mol. The van der Waals surface area contributed by atoms with Crippen LogP contribution in [0.2, 0.25) is 0 Å². The van der Waals surface area contributed by atoms with Crippen molar-refractivity contribution in [3.05, 3.63) is 102 Å². The molecular formula is C23H17N3O. The summed E-state index contributed by atoms with van der Waals surface area (Å²) >= 11 is 0. The molecule has 0 bridgehead atoms. The molecule has 0 fully saturated rings. The molecule has 4 nitrogen and oxygen atoms in total. The van der Waals surface area contributed by atoms with Crippen LogP contribution in [0.25, 0.3) is 10.9 Å². The summed E-state index contributed by atoms with van der Waals surface area (Å²) < 4.78 is 0.